The lowest BCUT2D eigenvalue weighted by Gasteiger charge is -2.06. The van der Waals surface area contributed by atoms with Crippen LogP contribution in [0.25, 0.3) is 0 Å². The van der Waals surface area contributed by atoms with Gasteiger partial charge in [-0.25, -0.2) is 0 Å². The molecular weight excluding hydrogens is 228 g/mol. The fourth-order valence-electron chi connectivity index (χ4n) is 1.33. The molecule has 0 spiro atoms. The van der Waals surface area contributed by atoms with Gasteiger partial charge in [0.1, 0.15) is 22.8 Å². The van der Waals surface area contributed by atoms with E-state index in [1.54, 1.807) is 0 Å². The van der Waals surface area contributed by atoms with Gasteiger partial charge in [-0.3, -0.25) is 9.59 Å². The number of phenols is 3. The van der Waals surface area contributed by atoms with Crippen LogP contribution in [0.15, 0.2) is 12.1 Å². The van der Waals surface area contributed by atoms with Crippen LogP contribution in [-0.2, 0) is 9.53 Å². The van der Waals surface area contributed by atoms with Crippen LogP contribution in [0.4, 0.5) is 0 Å². The Balaban J connectivity index is 2.86. The average molecular weight is 240 g/mol. The number of esters is 1. The summed E-state index contributed by atoms with van der Waals surface area (Å²) >= 11 is 0. The third-order valence-electron chi connectivity index (χ3n) is 2.14. The molecule has 17 heavy (non-hydrogen) atoms. The topological polar surface area (TPSA) is 104 Å². The molecule has 92 valence electrons. The van der Waals surface area contributed by atoms with Gasteiger partial charge in [0.25, 0.3) is 0 Å². The molecule has 1 aromatic rings. The number of benzene rings is 1. The minimum Gasteiger partial charge on any atom is -0.508 e. The number of carbonyl (C=O) groups excluding carboxylic acids is 2. The van der Waals surface area contributed by atoms with Crippen molar-refractivity contribution in [1.82, 2.24) is 0 Å². The number of ether oxygens (including phenoxy) is 1. The van der Waals surface area contributed by atoms with Gasteiger partial charge >= 0.3 is 5.97 Å². The Morgan fingerprint density at radius 1 is 1.12 bits per heavy atom. The van der Waals surface area contributed by atoms with E-state index in [1.165, 1.54) is 7.11 Å². The highest BCUT2D eigenvalue weighted by atomic mass is 16.5. The highest BCUT2D eigenvalue weighted by molar-refractivity contribution is 6.02. The molecule has 0 aliphatic heterocycles. The quantitative estimate of drug-likeness (QED) is 0.534. The van der Waals surface area contributed by atoms with Crippen LogP contribution in [0.1, 0.15) is 23.2 Å². The van der Waals surface area contributed by atoms with E-state index in [0.717, 1.165) is 12.1 Å². The molecule has 0 atom stereocenters. The third kappa shape index (κ3) is 3.10. The summed E-state index contributed by atoms with van der Waals surface area (Å²) in [5, 5.41) is 27.9. The van der Waals surface area contributed by atoms with Gasteiger partial charge in [-0.05, 0) is 0 Å². The van der Waals surface area contributed by atoms with Gasteiger partial charge in [0.2, 0.25) is 0 Å². The van der Waals surface area contributed by atoms with Crippen molar-refractivity contribution in [3.05, 3.63) is 17.7 Å². The third-order valence-corrected chi connectivity index (χ3v) is 2.14. The minimum absolute atomic E-state index is 0.144. The lowest BCUT2D eigenvalue weighted by Crippen LogP contribution is -2.06. The zero-order chi connectivity index (χ0) is 13.0. The van der Waals surface area contributed by atoms with Crippen LogP contribution in [0.5, 0.6) is 17.2 Å². The standard InChI is InChI=1S/C11H12O6/c1-17-10(16)3-2-7(13)11-8(14)4-6(12)5-9(11)15/h4-5,12,14-15H,2-3H2,1H3. The van der Waals surface area contributed by atoms with Crippen LogP contribution in [0, 0.1) is 0 Å². The normalized spacial score (nSPS) is 9.94. The second-order valence-corrected chi connectivity index (χ2v) is 3.36. The first-order chi connectivity index (χ1) is 7.95. The second kappa shape index (κ2) is 5.20. The summed E-state index contributed by atoms with van der Waals surface area (Å²) in [7, 11) is 1.20. The van der Waals surface area contributed by atoms with Crippen molar-refractivity contribution in [2.45, 2.75) is 12.8 Å². The summed E-state index contributed by atoms with van der Waals surface area (Å²) in [5.41, 5.74) is -0.313. The number of methoxy groups -OCH3 is 1. The highest BCUT2D eigenvalue weighted by Gasteiger charge is 2.18. The van der Waals surface area contributed by atoms with E-state index in [4.69, 9.17) is 5.11 Å². The minimum atomic E-state index is -0.606. The van der Waals surface area contributed by atoms with Crippen molar-refractivity contribution >= 4 is 11.8 Å². The van der Waals surface area contributed by atoms with Crippen molar-refractivity contribution in [2.75, 3.05) is 7.11 Å². The van der Waals surface area contributed by atoms with Crippen LogP contribution in [0.2, 0.25) is 0 Å². The highest BCUT2D eigenvalue weighted by Crippen LogP contribution is 2.32. The molecular formula is C11H12O6. The first-order valence-electron chi connectivity index (χ1n) is 4.80. The smallest absolute Gasteiger partial charge is 0.305 e. The predicted octanol–water partition coefficient (Wildman–Crippen LogP) is 0.939. The van der Waals surface area contributed by atoms with Gasteiger partial charge < -0.3 is 20.1 Å². The molecule has 0 aliphatic rings. The van der Waals surface area contributed by atoms with Crippen molar-refractivity contribution < 1.29 is 29.6 Å². The molecule has 3 N–H and O–H groups in total. The van der Waals surface area contributed by atoms with Gasteiger partial charge in [-0.2, -0.15) is 0 Å². The number of carbonyl (C=O) groups is 2. The Bertz CT molecular complexity index is 428. The van der Waals surface area contributed by atoms with E-state index in [1.807, 2.05) is 0 Å². The summed E-state index contributed by atoms with van der Waals surface area (Å²) in [6.45, 7) is 0. The molecule has 1 rings (SSSR count). The van der Waals surface area contributed by atoms with Crippen molar-refractivity contribution in [1.29, 1.82) is 0 Å². The molecule has 0 heterocycles. The van der Waals surface area contributed by atoms with Gasteiger partial charge in [0.05, 0.1) is 13.5 Å². The van der Waals surface area contributed by atoms with E-state index >= 15 is 0 Å². The maximum absolute atomic E-state index is 11.6. The number of hydrogen-bond acceptors (Lipinski definition) is 6. The summed E-state index contributed by atoms with van der Waals surface area (Å²) in [6.07, 6.45) is -0.340. The number of hydrogen-bond donors (Lipinski definition) is 3. The molecule has 0 fully saturated rings. The number of rotatable bonds is 4. The predicted molar refractivity (Wildman–Crippen MR) is 57.0 cm³/mol. The molecule has 0 amide bonds. The summed E-state index contributed by atoms with van der Waals surface area (Å²) in [6, 6.07) is 1.87. The monoisotopic (exact) mass is 240 g/mol. The Labute approximate surface area is 97.1 Å². The zero-order valence-electron chi connectivity index (χ0n) is 9.14. The van der Waals surface area contributed by atoms with E-state index in [9.17, 15) is 19.8 Å². The van der Waals surface area contributed by atoms with Crippen LogP contribution < -0.4 is 0 Å². The first kappa shape index (κ1) is 12.8. The molecule has 0 aromatic heterocycles. The van der Waals surface area contributed by atoms with Crippen LogP contribution >= 0.6 is 0 Å². The molecule has 6 heteroatoms. The number of aromatic hydroxyl groups is 3. The molecule has 0 bridgehead atoms. The van der Waals surface area contributed by atoms with Crippen LogP contribution in [-0.4, -0.2) is 34.2 Å². The Hall–Kier alpha value is -2.24. The SMILES string of the molecule is COC(=O)CCC(=O)c1c(O)cc(O)cc1O. The molecule has 0 saturated carbocycles. The lowest BCUT2D eigenvalue weighted by molar-refractivity contribution is -0.140. The van der Waals surface area contributed by atoms with E-state index < -0.39 is 23.3 Å². The van der Waals surface area contributed by atoms with Gasteiger partial charge in [-0.15, -0.1) is 0 Å². The number of ketones is 1. The fraction of sp³-hybridized carbons (Fsp3) is 0.273. The molecule has 1 aromatic carbocycles. The lowest BCUT2D eigenvalue weighted by atomic mass is 10.0. The van der Waals surface area contributed by atoms with Crippen molar-refractivity contribution in [3.8, 4) is 17.2 Å². The average Bonchev–Trinajstić information content (AvgIpc) is 2.24. The second-order valence-electron chi connectivity index (χ2n) is 3.36. The van der Waals surface area contributed by atoms with Gasteiger partial charge in [-0.1, -0.05) is 0 Å². The Kier molecular flexibility index (Phi) is 3.92. The summed E-state index contributed by atoms with van der Waals surface area (Å²) in [4.78, 5) is 22.4. The van der Waals surface area contributed by atoms with Gasteiger partial charge in [0, 0.05) is 18.6 Å². The summed E-state index contributed by atoms with van der Waals surface area (Å²) < 4.78 is 4.36. The molecule has 6 nitrogen and oxygen atoms in total. The van der Waals surface area contributed by atoms with E-state index in [0.29, 0.717) is 0 Å². The molecule has 0 aliphatic carbocycles. The molecule has 0 radical (unpaired) electrons. The van der Waals surface area contributed by atoms with E-state index in [2.05, 4.69) is 4.74 Å². The largest absolute Gasteiger partial charge is 0.508 e. The maximum atomic E-state index is 11.6. The number of phenolic OH excluding ortho intramolecular Hbond substituents is 3. The summed E-state index contributed by atoms with van der Waals surface area (Å²) in [5.74, 6) is -2.58. The molecule has 0 unspecified atom stereocenters. The van der Waals surface area contributed by atoms with Crippen LogP contribution in [0.3, 0.4) is 0 Å². The van der Waals surface area contributed by atoms with E-state index in [-0.39, 0.29) is 24.2 Å². The Morgan fingerprint density at radius 3 is 2.12 bits per heavy atom. The zero-order valence-corrected chi connectivity index (χ0v) is 9.14. The van der Waals surface area contributed by atoms with Crippen molar-refractivity contribution in [2.24, 2.45) is 0 Å². The molecule has 0 saturated heterocycles. The fourth-order valence-corrected chi connectivity index (χ4v) is 1.33. The van der Waals surface area contributed by atoms with Gasteiger partial charge in [0.15, 0.2) is 5.78 Å². The first-order valence-corrected chi connectivity index (χ1v) is 4.80. The maximum Gasteiger partial charge on any atom is 0.305 e. The Morgan fingerprint density at radius 2 is 1.65 bits per heavy atom. The van der Waals surface area contributed by atoms with Crippen molar-refractivity contribution in [3.63, 3.8) is 0 Å². The number of Topliss-reactive ketones (excluding diaryl/α,β-unsaturated/α-hetero) is 1.